The summed E-state index contributed by atoms with van der Waals surface area (Å²) >= 11 is 6.07. The molecule has 0 unspecified atom stereocenters. The molecule has 3 rings (SSSR count). The molecule has 0 spiro atoms. The summed E-state index contributed by atoms with van der Waals surface area (Å²) in [5.74, 6) is 0.848. The first-order chi connectivity index (χ1) is 9.25. The van der Waals surface area contributed by atoms with Crippen LogP contribution in [-0.4, -0.2) is 12.4 Å². The molecule has 2 aromatic rings. The lowest BCUT2D eigenvalue weighted by Gasteiger charge is -2.17. The average Bonchev–Trinajstić information content (AvgIpc) is 2.46. The van der Waals surface area contributed by atoms with E-state index in [1.807, 2.05) is 24.3 Å². The maximum absolute atomic E-state index is 12.4. The SMILES string of the molecule is O=C(c1ccc2c(c1)CCCO2)c1ccccc1Cl. The molecule has 96 valence electrons. The second-order valence-corrected chi connectivity index (χ2v) is 4.99. The highest BCUT2D eigenvalue weighted by atomic mass is 35.5. The summed E-state index contributed by atoms with van der Waals surface area (Å²) in [5.41, 5.74) is 2.31. The van der Waals surface area contributed by atoms with Crippen LogP contribution in [0, 0.1) is 0 Å². The molecule has 2 nitrogen and oxygen atoms in total. The summed E-state index contributed by atoms with van der Waals surface area (Å²) in [7, 11) is 0. The molecular weight excluding hydrogens is 260 g/mol. The van der Waals surface area contributed by atoms with Gasteiger partial charge in [-0.3, -0.25) is 4.79 Å². The molecule has 0 N–H and O–H groups in total. The third-order valence-electron chi connectivity index (χ3n) is 3.29. The van der Waals surface area contributed by atoms with Gasteiger partial charge in [-0.2, -0.15) is 0 Å². The molecule has 0 aromatic heterocycles. The first-order valence-electron chi connectivity index (χ1n) is 6.30. The zero-order chi connectivity index (χ0) is 13.2. The number of hydrogen-bond donors (Lipinski definition) is 0. The molecule has 2 aromatic carbocycles. The van der Waals surface area contributed by atoms with Crippen LogP contribution in [0.2, 0.25) is 5.02 Å². The Hall–Kier alpha value is -1.80. The highest BCUT2D eigenvalue weighted by Gasteiger charge is 2.16. The van der Waals surface area contributed by atoms with E-state index in [2.05, 4.69) is 0 Å². The van der Waals surface area contributed by atoms with Crippen molar-refractivity contribution in [3.05, 3.63) is 64.2 Å². The van der Waals surface area contributed by atoms with E-state index in [1.54, 1.807) is 18.2 Å². The summed E-state index contributed by atoms with van der Waals surface area (Å²) in [4.78, 5) is 12.4. The van der Waals surface area contributed by atoms with Crippen LogP contribution < -0.4 is 4.74 Å². The summed E-state index contributed by atoms with van der Waals surface area (Å²) in [6, 6.07) is 12.7. The molecule has 3 heteroatoms. The highest BCUT2D eigenvalue weighted by Crippen LogP contribution is 2.27. The Labute approximate surface area is 117 Å². The lowest BCUT2D eigenvalue weighted by molar-refractivity contribution is 0.103. The maximum Gasteiger partial charge on any atom is 0.194 e. The van der Waals surface area contributed by atoms with Crippen LogP contribution in [0.15, 0.2) is 42.5 Å². The molecule has 1 heterocycles. The maximum atomic E-state index is 12.4. The highest BCUT2D eigenvalue weighted by molar-refractivity contribution is 6.35. The van der Waals surface area contributed by atoms with E-state index in [4.69, 9.17) is 16.3 Å². The number of carbonyl (C=O) groups excluding carboxylic acids is 1. The molecule has 0 saturated carbocycles. The largest absolute Gasteiger partial charge is 0.493 e. The summed E-state index contributed by atoms with van der Waals surface area (Å²) < 4.78 is 5.55. The van der Waals surface area contributed by atoms with Gasteiger partial charge >= 0.3 is 0 Å². The molecule has 0 saturated heterocycles. The van der Waals surface area contributed by atoms with Gasteiger partial charge in [0.2, 0.25) is 0 Å². The molecule has 0 amide bonds. The number of carbonyl (C=O) groups is 1. The van der Waals surface area contributed by atoms with Gasteiger partial charge in [-0.25, -0.2) is 0 Å². The molecule has 19 heavy (non-hydrogen) atoms. The molecule has 0 aliphatic carbocycles. The van der Waals surface area contributed by atoms with Gasteiger partial charge in [-0.15, -0.1) is 0 Å². The lowest BCUT2D eigenvalue weighted by atomic mass is 9.98. The Bertz CT molecular complexity index is 634. The third kappa shape index (κ3) is 2.36. The van der Waals surface area contributed by atoms with Crippen LogP contribution in [0.3, 0.4) is 0 Å². The second kappa shape index (κ2) is 5.06. The summed E-state index contributed by atoms with van der Waals surface area (Å²) in [6.45, 7) is 0.755. The van der Waals surface area contributed by atoms with E-state index in [-0.39, 0.29) is 5.78 Å². The van der Waals surface area contributed by atoms with Crippen molar-refractivity contribution in [3.63, 3.8) is 0 Å². The lowest BCUT2D eigenvalue weighted by Crippen LogP contribution is -2.10. The van der Waals surface area contributed by atoms with Crippen molar-refractivity contribution in [2.75, 3.05) is 6.61 Å². The van der Waals surface area contributed by atoms with Gasteiger partial charge in [0.1, 0.15) is 5.75 Å². The summed E-state index contributed by atoms with van der Waals surface area (Å²) in [6.07, 6.45) is 1.95. The first kappa shape index (κ1) is 12.2. The van der Waals surface area contributed by atoms with Crippen molar-refractivity contribution in [1.82, 2.24) is 0 Å². The molecule has 0 atom stereocenters. The van der Waals surface area contributed by atoms with Gasteiger partial charge in [0.25, 0.3) is 0 Å². The minimum atomic E-state index is -0.0426. The van der Waals surface area contributed by atoms with Crippen molar-refractivity contribution in [2.45, 2.75) is 12.8 Å². The van der Waals surface area contributed by atoms with E-state index in [1.165, 1.54) is 0 Å². The zero-order valence-electron chi connectivity index (χ0n) is 10.4. The number of hydrogen-bond acceptors (Lipinski definition) is 2. The van der Waals surface area contributed by atoms with Gasteiger partial charge in [0.05, 0.1) is 11.6 Å². The topological polar surface area (TPSA) is 26.3 Å². The molecule has 0 fully saturated rings. The van der Waals surface area contributed by atoms with Crippen LogP contribution >= 0.6 is 11.6 Å². The number of rotatable bonds is 2. The number of fused-ring (bicyclic) bond motifs is 1. The van der Waals surface area contributed by atoms with Crippen molar-refractivity contribution in [3.8, 4) is 5.75 Å². The Morgan fingerprint density at radius 1 is 1.16 bits per heavy atom. The van der Waals surface area contributed by atoms with Gasteiger partial charge in [0.15, 0.2) is 5.78 Å². The minimum Gasteiger partial charge on any atom is -0.493 e. The van der Waals surface area contributed by atoms with E-state index in [0.717, 1.165) is 30.8 Å². The number of halogens is 1. The number of ether oxygens (including phenoxy) is 1. The fraction of sp³-hybridized carbons (Fsp3) is 0.188. The standard InChI is InChI=1S/C16H13ClO2/c17-14-6-2-1-5-13(14)16(18)12-7-8-15-11(10-12)4-3-9-19-15/h1-2,5-8,10H,3-4,9H2. The van der Waals surface area contributed by atoms with Crippen molar-refractivity contribution >= 4 is 17.4 Å². The smallest absolute Gasteiger partial charge is 0.194 e. The van der Waals surface area contributed by atoms with Crippen molar-refractivity contribution in [2.24, 2.45) is 0 Å². The van der Waals surface area contributed by atoms with Gasteiger partial charge < -0.3 is 4.74 Å². The fourth-order valence-electron chi connectivity index (χ4n) is 2.30. The Kier molecular flexibility index (Phi) is 3.26. The number of ketones is 1. The Balaban J connectivity index is 1.98. The van der Waals surface area contributed by atoms with Crippen LogP contribution in [-0.2, 0) is 6.42 Å². The van der Waals surface area contributed by atoms with Crippen LogP contribution in [0.4, 0.5) is 0 Å². The number of benzene rings is 2. The van der Waals surface area contributed by atoms with E-state index in [0.29, 0.717) is 16.1 Å². The van der Waals surface area contributed by atoms with Crippen LogP contribution in [0.1, 0.15) is 27.9 Å². The van der Waals surface area contributed by atoms with Crippen molar-refractivity contribution in [1.29, 1.82) is 0 Å². The zero-order valence-corrected chi connectivity index (χ0v) is 11.1. The molecule has 0 bridgehead atoms. The van der Waals surface area contributed by atoms with E-state index in [9.17, 15) is 4.79 Å². The Morgan fingerprint density at radius 3 is 2.84 bits per heavy atom. The molecule has 1 aliphatic rings. The molecule has 1 aliphatic heterocycles. The van der Waals surface area contributed by atoms with Gasteiger partial charge in [0, 0.05) is 11.1 Å². The van der Waals surface area contributed by atoms with E-state index < -0.39 is 0 Å². The predicted molar refractivity (Wildman–Crippen MR) is 75.1 cm³/mol. The number of aryl methyl sites for hydroxylation is 1. The second-order valence-electron chi connectivity index (χ2n) is 4.58. The average molecular weight is 273 g/mol. The van der Waals surface area contributed by atoms with Gasteiger partial charge in [-0.1, -0.05) is 23.7 Å². The Morgan fingerprint density at radius 2 is 2.00 bits per heavy atom. The third-order valence-corrected chi connectivity index (χ3v) is 3.62. The molecular formula is C16H13ClO2. The summed E-state index contributed by atoms with van der Waals surface area (Å²) in [5, 5.41) is 0.487. The first-order valence-corrected chi connectivity index (χ1v) is 6.68. The van der Waals surface area contributed by atoms with E-state index >= 15 is 0 Å². The van der Waals surface area contributed by atoms with Gasteiger partial charge in [-0.05, 0) is 48.7 Å². The normalized spacial score (nSPS) is 13.5. The predicted octanol–water partition coefficient (Wildman–Crippen LogP) is 3.90. The fourth-order valence-corrected chi connectivity index (χ4v) is 2.52. The van der Waals surface area contributed by atoms with Crippen LogP contribution in [0.5, 0.6) is 5.75 Å². The quantitative estimate of drug-likeness (QED) is 0.775. The van der Waals surface area contributed by atoms with Crippen LogP contribution in [0.25, 0.3) is 0 Å². The minimum absolute atomic E-state index is 0.0426. The monoisotopic (exact) mass is 272 g/mol. The molecule has 0 radical (unpaired) electrons. The van der Waals surface area contributed by atoms with Crippen molar-refractivity contribution < 1.29 is 9.53 Å².